The van der Waals surface area contributed by atoms with E-state index in [0.717, 1.165) is 22.3 Å². The fourth-order valence-electron chi connectivity index (χ4n) is 4.59. The number of pyridine rings is 1. The number of H-pyrrole nitrogens is 1. The minimum Gasteiger partial charge on any atom is -0.493 e. The van der Waals surface area contributed by atoms with Crippen LogP contribution < -0.4 is 10.5 Å². The Balaban J connectivity index is 1.70. The molecule has 39 heavy (non-hydrogen) atoms. The number of ether oxygens (including phenoxy) is 1. The van der Waals surface area contributed by atoms with Crippen LogP contribution >= 0.6 is 11.6 Å². The molecule has 12 heteroatoms. The maximum atomic E-state index is 8.25. The minimum absolute atomic E-state index is 0.323. The number of benzene rings is 1. The van der Waals surface area contributed by atoms with Crippen LogP contribution in [-0.2, 0) is 0 Å². The number of fused-ring (bicyclic) bond motifs is 1. The van der Waals surface area contributed by atoms with Gasteiger partial charge in [0.1, 0.15) is 35.1 Å². The summed E-state index contributed by atoms with van der Waals surface area (Å²) in [5.74, 6) is 1.33. The SMILES string of the molecule is CCOc1c(C(C)n2nc(-c3ccn[nH]3)c3c(N)ncnc32)cc(Cl)c(C)c1-c1ccc(C(=N)N(C)C)nc1. The van der Waals surface area contributed by atoms with E-state index in [1.165, 1.54) is 6.33 Å². The summed E-state index contributed by atoms with van der Waals surface area (Å²) in [6.45, 7) is 6.35. The number of hydrogen-bond donors (Lipinski definition) is 3. The van der Waals surface area contributed by atoms with Gasteiger partial charge in [-0.05, 0) is 44.5 Å². The van der Waals surface area contributed by atoms with Gasteiger partial charge in [-0.15, -0.1) is 0 Å². The molecule has 0 fully saturated rings. The van der Waals surface area contributed by atoms with E-state index in [4.69, 9.17) is 32.6 Å². The molecule has 1 atom stereocenters. The van der Waals surface area contributed by atoms with Crippen LogP contribution in [-0.4, -0.2) is 66.4 Å². The van der Waals surface area contributed by atoms with Crippen molar-refractivity contribution in [3.63, 3.8) is 0 Å². The van der Waals surface area contributed by atoms with Crippen LogP contribution in [0.3, 0.4) is 0 Å². The Kier molecular flexibility index (Phi) is 6.92. The van der Waals surface area contributed by atoms with Crippen molar-refractivity contribution < 1.29 is 4.74 Å². The summed E-state index contributed by atoms with van der Waals surface area (Å²) < 4.78 is 8.08. The zero-order valence-corrected chi connectivity index (χ0v) is 23.1. The van der Waals surface area contributed by atoms with Gasteiger partial charge in [0.2, 0.25) is 0 Å². The molecule has 0 aliphatic rings. The van der Waals surface area contributed by atoms with E-state index in [2.05, 4.69) is 25.1 Å². The second-order valence-corrected chi connectivity index (χ2v) is 9.69. The average molecular weight is 545 g/mol. The number of nitrogens with two attached hydrogens (primary N) is 1. The summed E-state index contributed by atoms with van der Waals surface area (Å²) in [5, 5.41) is 21.4. The molecule has 0 saturated carbocycles. The molecule has 0 radical (unpaired) electrons. The average Bonchev–Trinajstić information content (AvgIpc) is 3.59. The van der Waals surface area contributed by atoms with Gasteiger partial charge < -0.3 is 15.4 Å². The van der Waals surface area contributed by atoms with Gasteiger partial charge in [-0.1, -0.05) is 17.7 Å². The maximum Gasteiger partial charge on any atom is 0.164 e. The van der Waals surface area contributed by atoms with E-state index >= 15 is 0 Å². The van der Waals surface area contributed by atoms with Crippen LogP contribution in [0.1, 0.15) is 36.7 Å². The van der Waals surface area contributed by atoms with Gasteiger partial charge in [-0.2, -0.15) is 10.2 Å². The molecule has 0 amide bonds. The normalized spacial score (nSPS) is 12.1. The topological polar surface area (TPSA) is 148 Å². The molecule has 0 aliphatic heterocycles. The third-order valence-electron chi connectivity index (χ3n) is 6.63. The molecular formula is C27H29ClN10O. The van der Waals surface area contributed by atoms with Crippen molar-refractivity contribution in [2.75, 3.05) is 26.4 Å². The molecule has 4 aromatic heterocycles. The van der Waals surface area contributed by atoms with Crippen LogP contribution in [0.25, 0.3) is 33.5 Å². The van der Waals surface area contributed by atoms with Gasteiger partial charge in [0.15, 0.2) is 5.65 Å². The molecule has 11 nitrogen and oxygen atoms in total. The summed E-state index contributed by atoms with van der Waals surface area (Å²) in [6.07, 6.45) is 4.83. The van der Waals surface area contributed by atoms with E-state index in [1.807, 2.05) is 59.1 Å². The second-order valence-electron chi connectivity index (χ2n) is 9.28. The lowest BCUT2D eigenvalue weighted by molar-refractivity contribution is 0.333. The fourth-order valence-corrected chi connectivity index (χ4v) is 4.80. The van der Waals surface area contributed by atoms with Gasteiger partial charge in [-0.3, -0.25) is 15.5 Å². The van der Waals surface area contributed by atoms with Gasteiger partial charge >= 0.3 is 0 Å². The van der Waals surface area contributed by atoms with Crippen LogP contribution in [0.2, 0.25) is 5.02 Å². The Morgan fingerprint density at radius 1 is 1.23 bits per heavy atom. The smallest absolute Gasteiger partial charge is 0.164 e. The molecule has 0 aliphatic carbocycles. The lowest BCUT2D eigenvalue weighted by Gasteiger charge is -2.23. The molecule has 5 aromatic rings. The van der Waals surface area contributed by atoms with Crippen molar-refractivity contribution in [3.8, 4) is 28.3 Å². The van der Waals surface area contributed by atoms with Crippen molar-refractivity contribution >= 4 is 34.3 Å². The third kappa shape index (κ3) is 4.54. The number of nitrogens with one attached hydrogen (secondary N) is 2. The van der Waals surface area contributed by atoms with Gasteiger partial charge in [0, 0.05) is 48.2 Å². The number of aromatic amines is 1. The lowest BCUT2D eigenvalue weighted by Crippen LogP contribution is -2.22. The van der Waals surface area contributed by atoms with Gasteiger partial charge in [0.25, 0.3) is 0 Å². The number of aromatic nitrogens is 7. The highest BCUT2D eigenvalue weighted by molar-refractivity contribution is 6.32. The number of amidine groups is 1. The van der Waals surface area contributed by atoms with Crippen LogP contribution in [0.4, 0.5) is 5.82 Å². The lowest BCUT2D eigenvalue weighted by atomic mass is 9.94. The van der Waals surface area contributed by atoms with Crippen molar-refractivity contribution in [1.82, 2.24) is 39.8 Å². The molecule has 0 saturated heterocycles. The summed E-state index contributed by atoms with van der Waals surface area (Å²) in [6, 6.07) is 7.15. The first-order chi connectivity index (χ1) is 18.7. The molecular weight excluding hydrogens is 516 g/mol. The highest BCUT2D eigenvalue weighted by Gasteiger charge is 2.27. The van der Waals surface area contributed by atoms with Crippen molar-refractivity contribution in [2.45, 2.75) is 26.8 Å². The van der Waals surface area contributed by atoms with E-state index in [9.17, 15) is 0 Å². The first-order valence-corrected chi connectivity index (χ1v) is 12.8. The Bertz CT molecular complexity index is 1660. The number of halogens is 1. The number of rotatable bonds is 7. The van der Waals surface area contributed by atoms with E-state index in [0.29, 0.717) is 57.1 Å². The van der Waals surface area contributed by atoms with Crippen LogP contribution in [0.5, 0.6) is 5.75 Å². The number of anilines is 1. The Morgan fingerprint density at radius 2 is 2.03 bits per heavy atom. The largest absolute Gasteiger partial charge is 0.493 e. The van der Waals surface area contributed by atoms with E-state index < -0.39 is 0 Å². The Hall–Kier alpha value is -4.51. The molecule has 4 N–H and O–H groups in total. The van der Waals surface area contributed by atoms with Crippen LogP contribution in [0.15, 0.2) is 43.0 Å². The van der Waals surface area contributed by atoms with Crippen LogP contribution in [0, 0.1) is 12.3 Å². The molecule has 4 heterocycles. The molecule has 200 valence electrons. The highest BCUT2D eigenvalue weighted by atomic mass is 35.5. The molecule has 5 rings (SSSR count). The predicted octanol–water partition coefficient (Wildman–Crippen LogP) is 4.72. The summed E-state index contributed by atoms with van der Waals surface area (Å²) in [4.78, 5) is 15.0. The quantitative estimate of drug-likeness (QED) is 0.197. The molecule has 0 bridgehead atoms. The summed E-state index contributed by atoms with van der Waals surface area (Å²) in [5.41, 5.74) is 12.1. The number of nitrogens with zero attached hydrogens (tertiary/aromatic N) is 7. The predicted molar refractivity (Wildman–Crippen MR) is 152 cm³/mol. The third-order valence-corrected chi connectivity index (χ3v) is 7.02. The van der Waals surface area contributed by atoms with Gasteiger partial charge in [-0.25, -0.2) is 14.6 Å². The zero-order valence-electron chi connectivity index (χ0n) is 22.3. The monoisotopic (exact) mass is 544 g/mol. The summed E-state index contributed by atoms with van der Waals surface area (Å²) >= 11 is 6.82. The standard InChI is InChI=1S/C27H29ClN10O/c1-6-39-24-17(11-18(28)14(2)21(24)16-7-8-20(31-12-16)26(30)37(4)5)15(3)38-27-22(25(29)32-13-33-27)23(36-38)19-9-10-34-35-19/h7-13,15,30H,6H2,1-5H3,(H,34,35)(H2,29,32,33). The Labute approximate surface area is 230 Å². The van der Waals surface area contributed by atoms with E-state index in [-0.39, 0.29) is 6.04 Å². The minimum atomic E-state index is -0.342. The molecule has 1 aromatic carbocycles. The number of hydrogen-bond acceptors (Lipinski definition) is 8. The fraction of sp³-hybridized carbons (Fsp3) is 0.259. The van der Waals surface area contributed by atoms with Gasteiger partial charge in [0.05, 0.1) is 23.7 Å². The summed E-state index contributed by atoms with van der Waals surface area (Å²) in [7, 11) is 3.63. The second kappa shape index (κ2) is 10.3. The highest BCUT2D eigenvalue weighted by Crippen LogP contribution is 2.44. The Morgan fingerprint density at radius 3 is 2.67 bits per heavy atom. The zero-order chi connectivity index (χ0) is 27.8. The molecule has 0 spiro atoms. The van der Waals surface area contributed by atoms with Crippen molar-refractivity contribution in [1.29, 1.82) is 5.41 Å². The van der Waals surface area contributed by atoms with Crippen molar-refractivity contribution in [3.05, 3.63) is 64.8 Å². The van der Waals surface area contributed by atoms with Crippen molar-refractivity contribution in [2.24, 2.45) is 0 Å². The number of nitrogen functional groups attached to an aromatic ring is 1. The first kappa shape index (κ1) is 26.1. The van der Waals surface area contributed by atoms with E-state index in [1.54, 1.807) is 22.0 Å². The maximum absolute atomic E-state index is 8.25. The molecule has 1 unspecified atom stereocenters. The first-order valence-electron chi connectivity index (χ1n) is 12.4.